The highest BCUT2D eigenvalue weighted by Gasteiger charge is 2.08. The average Bonchev–Trinajstić information content (AvgIpc) is 2.03. The lowest BCUT2D eigenvalue weighted by atomic mass is 9.98. The molecule has 72 valence electrons. The molecule has 0 aromatic carbocycles. The third-order valence-corrected chi connectivity index (χ3v) is 2.05. The van der Waals surface area contributed by atoms with Crippen LogP contribution in [0, 0.1) is 12.8 Å². The van der Waals surface area contributed by atoms with Crippen molar-refractivity contribution in [3.63, 3.8) is 0 Å². The maximum absolute atomic E-state index is 6.02. The van der Waals surface area contributed by atoms with E-state index in [1.807, 2.05) is 19.3 Å². The van der Waals surface area contributed by atoms with E-state index in [0.29, 0.717) is 5.92 Å². The summed E-state index contributed by atoms with van der Waals surface area (Å²) in [5.41, 5.74) is 8.35. The van der Waals surface area contributed by atoms with Gasteiger partial charge >= 0.3 is 0 Å². The first kappa shape index (κ1) is 10.2. The molecule has 2 nitrogen and oxygen atoms in total. The fraction of sp³-hybridized carbons (Fsp3) is 0.545. The number of hydrogen-bond acceptors (Lipinski definition) is 2. The molecule has 13 heavy (non-hydrogen) atoms. The van der Waals surface area contributed by atoms with E-state index in [1.165, 1.54) is 5.56 Å². The van der Waals surface area contributed by atoms with Crippen LogP contribution in [-0.4, -0.2) is 4.98 Å². The Hall–Kier alpha value is -0.890. The summed E-state index contributed by atoms with van der Waals surface area (Å²) in [5, 5.41) is 0. The summed E-state index contributed by atoms with van der Waals surface area (Å²) in [5.74, 6) is 0.635. The molecular formula is C11H18N2. The highest BCUT2D eigenvalue weighted by molar-refractivity contribution is 5.19. The van der Waals surface area contributed by atoms with Crippen molar-refractivity contribution in [1.29, 1.82) is 0 Å². The summed E-state index contributed by atoms with van der Waals surface area (Å²) in [4.78, 5) is 4.13. The summed E-state index contributed by atoms with van der Waals surface area (Å²) in [6.45, 7) is 6.41. The molecule has 1 heterocycles. The Morgan fingerprint density at radius 2 is 2.08 bits per heavy atom. The van der Waals surface area contributed by atoms with E-state index in [2.05, 4.69) is 24.9 Å². The van der Waals surface area contributed by atoms with E-state index < -0.39 is 0 Å². The monoisotopic (exact) mass is 178 g/mol. The molecule has 2 heteroatoms. The van der Waals surface area contributed by atoms with Crippen molar-refractivity contribution in [1.82, 2.24) is 4.98 Å². The van der Waals surface area contributed by atoms with Gasteiger partial charge in [0.25, 0.3) is 0 Å². The van der Waals surface area contributed by atoms with Crippen LogP contribution in [0.15, 0.2) is 18.5 Å². The lowest BCUT2D eigenvalue weighted by Gasteiger charge is -2.14. The Kier molecular flexibility index (Phi) is 3.43. The van der Waals surface area contributed by atoms with Gasteiger partial charge < -0.3 is 5.73 Å². The van der Waals surface area contributed by atoms with Gasteiger partial charge in [0.05, 0.1) is 0 Å². The smallest absolute Gasteiger partial charge is 0.0315 e. The minimum atomic E-state index is 0.132. The average molecular weight is 178 g/mol. The molecule has 0 bridgehead atoms. The van der Waals surface area contributed by atoms with Crippen LogP contribution >= 0.6 is 0 Å². The minimum Gasteiger partial charge on any atom is -0.324 e. The van der Waals surface area contributed by atoms with Crippen LogP contribution < -0.4 is 5.73 Å². The van der Waals surface area contributed by atoms with Crippen LogP contribution in [0.1, 0.15) is 37.4 Å². The Morgan fingerprint density at radius 1 is 1.38 bits per heavy atom. The van der Waals surface area contributed by atoms with Crippen LogP contribution in [0.3, 0.4) is 0 Å². The Balaban J connectivity index is 2.71. The molecule has 1 aromatic rings. The lowest BCUT2D eigenvalue weighted by Crippen LogP contribution is -2.13. The molecule has 0 fully saturated rings. The molecule has 1 aromatic heterocycles. The van der Waals surface area contributed by atoms with Gasteiger partial charge in [-0.2, -0.15) is 0 Å². The van der Waals surface area contributed by atoms with Gasteiger partial charge in [0.15, 0.2) is 0 Å². The highest BCUT2D eigenvalue weighted by Crippen LogP contribution is 2.18. The predicted molar refractivity (Wildman–Crippen MR) is 55.4 cm³/mol. The van der Waals surface area contributed by atoms with Crippen LogP contribution in [-0.2, 0) is 0 Å². The summed E-state index contributed by atoms with van der Waals surface area (Å²) < 4.78 is 0. The lowest BCUT2D eigenvalue weighted by molar-refractivity contribution is 0.509. The maximum atomic E-state index is 6.02. The maximum Gasteiger partial charge on any atom is 0.0315 e. The second-order valence-electron chi connectivity index (χ2n) is 4.03. The molecule has 0 aliphatic carbocycles. The highest BCUT2D eigenvalue weighted by atomic mass is 14.7. The molecule has 0 saturated carbocycles. The first-order chi connectivity index (χ1) is 6.09. The molecule has 0 amide bonds. The van der Waals surface area contributed by atoms with Gasteiger partial charge in [0.1, 0.15) is 0 Å². The predicted octanol–water partition coefficient (Wildman–Crippen LogP) is 2.44. The molecule has 1 rings (SSSR count). The van der Waals surface area contributed by atoms with E-state index in [0.717, 1.165) is 12.0 Å². The number of pyridine rings is 1. The van der Waals surface area contributed by atoms with E-state index in [9.17, 15) is 0 Å². The molecule has 0 aliphatic rings. The SMILES string of the molecule is Cc1cncc(C(N)CC(C)C)c1. The number of nitrogens with two attached hydrogens (primary N) is 1. The zero-order valence-electron chi connectivity index (χ0n) is 8.62. The Bertz CT molecular complexity index is 269. The molecule has 0 aliphatic heterocycles. The van der Waals surface area contributed by atoms with Crippen molar-refractivity contribution in [3.05, 3.63) is 29.6 Å². The second-order valence-corrected chi connectivity index (χ2v) is 4.03. The van der Waals surface area contributed by atoms with Gasteiger partial charge in [0, 0.05) is 18.4 Å². The zero-order valence-corrected chi connectivity index (χ0v) is 8.62. The molecule has 1 unspecified atom stereocenters. The molecule has 0 saturated heterocycles. The second kappa shape index (κ2) is 4.38. The van der Waals surface area contributed by atoms with E-state index >= 15 is 0 Å². The Morgan fingerprint density at radius 3 is 2.62 bits per heavy atom. The first-order valence-corrected chi connectivity index (χ1v) is 4.76. The van der Waals surface area contributed by atoms with E-state index in [4.69, 9.17) is 5.73 Å². The minimum absolute atomic E-state index is 0.132. The summed E-state index contributed by atoms with van der Waals surface area (Å²) in [6.07, 6.45) is 4.73. The molecular weight excluding hydrogens is 160 g/mol. The van der Waals surface area contributed by atoms with Crippen LogP contribution in [0.25, 0.3) is 0 Å². The zero-order chi connectivity index (χ0) is 9.84. The van der Waals surface area contributed by atoms with Crippen molar-refractivity contribution in [2.45, 2.75) is 33.2 Å². The van der Waals surface area contributed by atoms with Crippen molar-refractivity contribution in [2.75, 3.05) is 0 Å². The van der Waals surface area contributed by atoms with Crippen molar-refractivity contribution < 1.29 is 0 Å². The number of rotatable bonds is 3. The van der Waals surface area contributed by atoms with Gasteiger partial charge in [-0.05, 0) is 30.4 Å². The Labute approximate surface area is 80.2 Å². The molecule has 1 atom stereocenters. The third kappa shape index (κ3) is 3.15. The van der Waals surface area contributed by atoms with Crippen LogP contribution in [0.4, 0.5) is 0 Å². The normalized spacial score (nSPS) is 13.3. The first-order valence-electron chi connectivity index (χ1n) is 4.76. The molecule has 0 spiro atoms. The third-order valence-electron chi connectivity index (χ3n) is 2.05. The van der Waals surface area contributed by atoms with Gasteiger partial charge in [-0.25, -0.2) is 0 Å². The van der Waals surface area contributed by atoms with E-state index in [-0.39, 0.29) is 6.04 Å². The summed E-state index contributed by atoms with van der Waals surface area (Å²) in [6, 6.07) is 2.24. The number of nitrogens with zero attached hydrogens (tertiary/aromatic N) is 1. The molecule has 2 N–H and O–H groups in total. The fourth-order valence-electron chi connectivity index (χ4n) is 1.43. The van der Waals surface area contributed by atoms with Gasteiger partial charge in [-0.15, -0.1) is 0 Å². The summed E-state index contributed by atoms with van der Waals surface area (Å²) >= 11 is 0. The molecule has 0 radical (unpaired) electrons. The van der Waals surface area contributed by atoms with Crippen molar-refractivity contribution >= 4 is 0 Å². The van der Waals surface area contributed by atoms with E-state index in [1.54, 1.807) is 0 Å². The largest absolute Gasteiger partial charge is 0.324 e. The summed E-state index contributed by atoms with van der Waals surface area (Å²) in [7, 11) is 0. The van der Waals surface area contributed by atoms with Crippen molar-refractivity contribution in [2.24, 2.45) is 11.7 Å². The van der Waals surface area contributed by atoms with Crippen LogP contribution in [0.2, 0.25) is 0 Å². The van der Waals surface area contributed by atoms with Gasteiger partial charge in [-0.3, -0.25) is 4.98 Å². The number of aromatic nitrogens is 1. The standard InChI is InChI=1S/C11H18N2/c1-8(2)4-11(12)10-5-9(3)6-13-7-10/h5-8,11H,4,12H2,1-3H3. The van der Waals surface area contributed by atoms with Crippen LogP contribution in [0.5, 0.6) is 0 Å². The van der Waals surface area contributed by atoms with Gasteiger partial charge in [-0.1, -0.05) is 19.9 Å². The number of aryl methyl sites for hydroxylation is 1. The number of hydrogen-bond donors (Lipinski definition) is 1. The van der Waals surface area contributed by atoms with Gasteiger partial charge in [0.2, 0.25) is 0 Å². The topological polar surface area (TPSA) is 38.9 Å². The van der Waals surface area contributed by atoms with Crippen molar-refractivity contribution in [3.8, 4) is 0 Å². The fourth-order valence-corrected chi connectivity index (χ4v) is 1.43. The quantitative estimate of drug-likeness (QED) is 0.772.